The van der Waals surface area contributed by atoms with E-state index >= 15 is 0 Å². The maximum atomic E-state index is 4.52. The molecule has 0 unspecified atom stereocenters. The number of hydrogen-bond acceptors (Lipinski definition) is 3. The Balaban J connectivity index is 1.84. The van der Waals surface area contributed by atoms with Gasteiger partial charge in [-0.1, -0.05) is 30.3 Å². The molecule has 0 aliphatic carbocycles. The predicted octanol–water partition coefficient (Wildman–Crippen LogP) is 2.50. The summed E-state index contributed by atoms with van der Waals surface area (Å²) in [4.78, 5) is 9.25. The number of nitrogens with zero attached hydrogens (tertiary/aromatic N) is 3. The maximum absolute atomic E-state index is 4.52. The predicted molar refractivity (Wildman–Crippen MR) is 79.4 cm³/mol. The van der Waals surface area contributed by atoms with Crippen LogP contribution in [0.25, 0.3) is 11.1 Å². The number of rotatable bonds is 2. The van der Waals surface area contributed by atoms with Crippen LogP contribution in [0.2, 0.25) is 0 Å². The van der Waals surface area contributed by atoms with Gasteiger partial charge in [-0.05, 0) is 30.3 Å². The van der Waals surface area contributed by atoms with Crippen molar-refractivity contribution in [1.82, 2.24) is 9.88 Å². The zero-order valence-corrected chi connectivity index (χ0v) is 11.3. The van der Waals surface area contributed by atoms with E-state index in [1.165, 1.54) is 11.1 Å². The number of anilines is 1. The lowest BCUT2D eigenvalue weighted by molar-refractivity contribution is 0.312. The van der Waals surface area contributed by atoms with Crippen LogP contribution in [0.5, 0.6) is 0 Å². The molecule has 0 bridgehead atoms. The Morgan fingerprint density at radius 1 is 0.895 bits per heavy atom. The highest BCUT2D eigenvalue weighted by molar-refractivity contribution is 5.66. The highest BCUT2D eigenvalue weighted by Gasteiger charge is 2.15. The lowest BCUT2D eigenvalue weighted by Crippen LogP contribution is -2.44. The molecule has 1 aliphatic heterocycles. The van der Waals surface area contributed by atoms with E-state index < -0.39 is 0 Å². The van der Waals surface area contributed by atoms with E-state index in [0.29, 0.717) is 0 Å². The van der Waals surface area contributed by atoms with Crippen molar-refractivity contribution >= 4 is 5.82 Å². The van der Waals surface area contributed by atoms with Crippen LogP contribution >= 0.6 is 0 Å². The number of likely N-dealkylation sites (N-methyl/N-ethyl adjacent to an activating group) is 1. The molecule has 3 nitrogen and oxygen atoms in total. The minimum atomic E-state index is 1.06. The molecule has 3 heteroatoms. The molecule has 0 atom stereocenters. The summed E-state index contributed by atoms with van der Waals surface area (Å²) in [6.07, 6.45) is 1.91. The first-order valence-corrected chi connectivity index (χ1v) is 6.78. The van der Waals surface area contributed by atoms with Crippen molar-refractivity contribution in [3.8, 4) is 11.1 Å². The molecule has 0 amide bonds. The fraction of sp³-hybridized carbons (Fsp3) is 0.312. The lowest BCUT2D eigenvalue weighted by Gasteiger charge is -2.33. The van der Waals surface area contributed by atoms with Gasteiger partial charge in [0, 0.05) is 32.4 Å². The van der Waals surface area contributed by atoms with E-state index in [2.05, 4.69) is 58.2 Å². The van der Waals surface area contributed by atoms with Crippen molar-refractivity contribution in [2.45, 2.75) is 0 Å². The van der Waals surface area contributed by atoms with Gasteiger partial charge in [0.15, 0.2) is 0 Å². The monoisotopic (exact) mass is 253 g/mol. The Morgan fingerprint density at radius 2 is 1.63 bits per heavy atom. The van der Waals surface area contributed by atoms with Gasteiger partial charge < -0.3 is 9.80 Å². The SMILES string of the molecule is CN1CCN(c2cc(-c3ccccc3)ccn2)CC1. The van der Waals surface area contributed by atoms with Gasteiger partial charge in [-0.25, -0.2) is 4.98 Å². The Bertz CT molecular complexity index is 531. The second kappa shape index (κ2) is 5.41. The van der Waals surface area contributed by atoms with Crippen molar-refractivity contribution in [2.24, 2.45) is 0 Å². The smallest absolute Gasteiger partial charge is 0.129 e. The van der Waals surface area contributed by atoms with Crippen LogP contribution in [-0.2, 0) is 0 Å². The van der Waals surface area contributed by atoms with Crippen molar-refractivity contribution in [1.29, 1.82) is 0 Å². The average Bonchev–Trinajstić information content (AvgIpc) is 2.49. The van der Waals surface area contributed by atoms with E-state index in [1.54, 1.807) is 0 Å². The number of pyridine rings is 1. The first-order chi connectivity index (χ1) is 9.33. The molecular formula is C16H19N3. The van der Waals surface area contributed by atoms with E-state index in [4.69, 9.17) is 0 Å². The minimum absolute atomic E-state index is 1.06. The molecule has 1 aromatic heterocycles. The third kappa shape index (κ3) is 2.76. The molecule has 1 fully saturated rings. The first kappa shape index (κ1) is 12.2. The number of hydrogen-bond donors (Lipinski definition) is 0. The summed E-state index contributed by atoms with van der Waals surface area (Å²) in [5.41, 5.74) is 2.49. The van der Waals surface area contributed by atoms with Crippen LogP contribution in [-0.4, -0.2) is 43.1 Å². The summed E-state index contributed by atoms with van der Waals surface area (Å²) in [6, 6.07) is 14.8. The summed E-state index contributed by atoms with van der Waals surface area (Å²) in [5.74, 6) is 1.09. The summed E-state index contributed by atoms with van der Waals surface area (Å²) in [5, 5.41) is 0. The molecular weight excluding hydrogens is 234 g/mol. The Hall–Kier alpha value is -1.87. The number of aromatic nitrogens is 1. The molecule has 1 saturated heterocycles. The third-order valence-corrected chi connectivity index (χ3v) is 3.68. The van der Waals surface area contributed by atoms with Gasteiger partial charge in [-0.15, -0.1) is 0 Å². The third-order valence-electron chi connectivity index (χ3n) is 3.68. The summed E-state index contributed by atoms with van der Waals surface area (Å²) in [7, 11) is 2.17. The average molecular weight is 253 g/mol. The molecule has 1 aliphatic rings. The van der Waals surface area contributed by atoms with Gasteiger partial charge in [0.25, 0.3) is 0 Å². The standard InChI is InChI=1S/C16H19N3/c1-18-9-11-19(12-10-18)16-13-15(7-8-17-16)14-5-3-2-4-6-14/h2-8,13H,9-12H2,1H3. The molecule has 0 radical (unpaired) electrons. The van der Waals surface area contributed by atoms with Gasteiger partial charge >= 0.3 is 0 Å². The quantitative estimate of drug-likeness (QED) is 0.819. The number of piperazine rings is 1. The summed E-state index contributed by atoms with van der Waals surface area (Å²) >= 11 is 0. The summed E-state index contributed by atoms with van der Waals surface area (Å²) < 4.78 is 0. The highest BCUT2D eigenvalue weighted by atomic mass is 15.3. The molecule has 19 heavy (non-hydrogen) atoms. The van der Waals surface area contributed by atoms with Gasteiger partial charge in [0.1, 0.15) is 5.82 Å². The molecule has 0 spiro atoms. The molecule has 2 heterocycles. The second-order valence-corrected chi connectivity index (χ2v) is 5.06. The fourth-order valence-electron chi connectivity index (χ4n) is 2.44. The minimum Gasteiger partial charge on any atom is -0.354 e. The number of benzene rings is 1. The van der Waals surface area contributed by atoms with Crippen LogP contribution in [0.1, 0.15) is 0 Å². The molecule has 2 aromatic rings. The van der Waals surface area contributed by atoms with Crippen LogP contribution < -0.4 is 4.90 Å². The van der Waals surface area contributed by atoms with Crippen molar-refractivity contribution in [3.63, 3.8) is 0 Å². The topological polar surface area (TPSA) is 19.4 Å². The van der Waals surface area contributed by atoms with Crippen LogP contribution in [0.3, 0.4) is 0 Å². The Kier molecular flexibility index (Phi) is 3.47. The van der Waals surface area contributed by atoms with E-state index in [0.717, 1.165) is 32.0 Å². The van der Waals surface area contributed by atoms with Gasteiger partial charge in [-0.2, -0.15) is 0 Å². The van der Waals surface area contributed by atoms with Crippen molar-refractivity contribution < 1.29 is 0 Å². The van der Waals surface area contributed by atoms with Gasteiger partial charge in [0.05, 0.1) is 0 Å². The van der Waals surface area contributed by atoms with Crippen molar-refractivity contribution in [2.75, 3.05) is 38.1 Å². The molecule has 98 valence electrons. The zero-order chi connectivity index (χ0) is 13.1. The Labute approximate surface area is 114 Å². The van der Waals surface area contributed by atoms with Gasteiger partial charge in [-0.3, -0.25) is 0 Å². The van der Waals surface area contributed by atoms with E-state index in [1.807, 2.05) is 12.3 Å². The normalized spacial score (nSPS) is 16.6. The molecule has 0 N–H and O–H groups in total. The highest BCUT2D eigenvalue weighted by Crippen LogP contribution is 2.23. The van der Waals surface area contributed by atoms with E-state index in [-0.39, 0.29) is 0 Å². The van der Waals surface area contributed by atoms with Crippen molar-refractivity contribution in [3.05, 3.63) is 48.7 Å². The van der Waals surface area contributed by atoms with Crippen LogP contribution in [0.4, 0.5) is 5.82 Å². The fourth-order valence-corrected chi connectivity index (χ4v) is 2.44. The lowest BCUT2D eigenvalue weighted by atomic mass is 10.1. The maximum Gasteiger partial charge on any atom is 0.129 e. The first-order valence-electron chi connectivity index (χ1n) is 6.78. The molecule has 1 aromatic carbocycles. The second-order valence-electron chi connectivity index (χ2n) is 5.06. The van der Waals surface area contributed by atoms with Crippen LogP contribution in [0.15, 0.2) is 48.7 Å². The largest absolute Gasteiger partial charge is 0.354 e. The molecule has 0 saturated carbocycles. The summed E-state index contributed by atoms with van der Waals surface area (Å²) in [6.45, 7) is 4.33. The van der Waals surface area contributed by atoms with Gasteiger partial charge in [0.2, 0.25) is 0 Å². The zero-order valence-electron chi connectivity index (χ0n) is 11.3. The Morgan fingerprint density at radius 3 is 2.37 bits per heavy atom. The van der Waals surface area contributed by atoms with Crippen LogP contribution in [0, 0.1) is 0 Å². The molecule has 3 rings (SSSR count). The van der Waals surface area contributed by atoms with E-state index in [9.17, 15) is 0 Å².